The van der Waals surface area contributed by atoms with Gasteiger partial charge in [0.05, 0.1) is 28.6 Å². The topological polar surface area (TPSA) is 82.8 Å². The molecule has 2 aromatic carbocycles. The van der Waals surface area contributed by atoms with Gasteiger partial charge in [0, 0.05) is 50.2 Å². The third-order valence-electron chi connectivity index (χ3n) is 5.45. The number of nitrogens with one attached hydrogen (secondary N) is 1. The normalized spacial score (nSPS) is 11.6. The molecule has 0 amide bonds. The summed E-state index contributed by atoms with van der Waals surface area (Å²) in [6.07, 6.45) is 3.34. The fourth-order valence-electron chi connectivity index (χ4n) is 3.83. The molecular formula is C22H25FN6O. The summed E-state index contributed by atoms with van der Waals surface area (Å²) in [6, 6.07) is 6.86. The van der Waals surface area contributed by atoms with Crippen LogP contribution in [0.1, 0.15) is 25.3 Å². The number of nitrogens with zero attached hydrogens (tertiary/aromatic N) is 4. The predicted molar refractivity (Wildman–Crippen MR) is 119 cm³/mol. The molecule has 0 unspecified atom stereocenters. The maximum absolute atomic E-state index is 14.8. The van der Waals surface area contributed by atoms with Crippen molar-refractivity contribution >= 4 is 28.1 Å². The van der Waals surface area contributed by atoms with Gasteiger partial charge in [-0.3, -0.25) is 13.8 Å². The van der Waals surface area contributed by atoms with Crippen LogP contribution in [0, 0.1) is 5.82 Å². The third kappa shape index (κ3) is 3.14. The smallest absolute Gasteiger partial charge is 0.328 e. The fourth-order valence-corrected chi connectivity index (χ4v) is 3.83. The summed E-state index contributed by atoms with van der Waals surface area (Å²) in [5.74, 6) is -0.193. The molecule has 0 saturated carbocycles. The van der Waals surface area contributed by atoms with Crippen LogP contribution < -0.4 is 16.7 Å². The Balaban J connectivity index is 1.80. The van der Waals surface area contributed by atoms with Gasteiger partial charge in [0.1, 0.15) is 5.82 Å². The Bertz CT molecular complexity index is 1330. The minimum Gasteiger partial charge on any atom is -0.397 e. The molecule has 0 aliphatic heterocycles. The average molecular weight is 408 g/mol. The number of anilines is 3. The van der Waals surface area contributed by atoms with E-state index in [1.165, 1.54) is 6.07 Å². The van der Waals surface area contributed by atoms with Crippen LogP contribution in [0.3, 0.4) is 0 Å². The van der Waals surface area contributed by atoms with E-state index < -0.39 is 5.82 Å². The van der Waals surface area contributed by atoms with Crippen LogP contribution in [0.15, 0.2) is 41.5 Å². The van der Waals surface area contributed by atoms with Gasteiger partial charge < -0.3 is 11.1 Å². The molecule has 0 bridgehead atoms. The number of hydrogen-bond acceptors (Lipinski definition) is 4. The highest BCUT2D eigenvalue weighted by molar-refractivity contribution is 5.87. The van der Waals surface area contributed by atoms with Crippen molar-refractivity contribution in [3.8, 4) is 11.1 Å². The minimum absolute atomic E-state index is 0.0876. The first-order valence-electron chi connectivity index (χ1n) is 9.71. The van der Waals surface area contributed by atoms with Gasteiger partial charge >= 0.3 is 5.69 Å². The molecule has 30 heavy (non-hydrogen) atoms. The quantitative estimate of drug-likeness (QED) is 0.502. The van der Waals surface area contributed by atoms with Crippen molar-refractivity contribution in [1.29, 1.82) is 0 Å². The molecule has 156 valence electrons. The van der Waals surface area contributed by atoms with E-state index in [9.17, 15) is 9.18 Å². The molecule has 2 aromatic heterocycles. The van der Waals surface area contributed by atoms with Crippen LogP contribution in [-0.4, -0.2) is 18.9 Å². The van der Waals surface area contributed by atoms with Crippen molar-refractivity contribution < 1.29 is 4.39 Å². The molecule has 7 nitrogen and oxygen atoms in total. The Morgan fingerprint density at radius 2 is 1.83 bits per heavy atom. The summed E-state index contributed by atoms with van der Waals surface area (Å²) in [5.41, 5.74) is 11.6. The third-order valence-corrected chi connectivity index (χ3v) is 5.45. The van der Waals surface area contributed by atoms with Crippen molar-refractivity contribution in [2.45, 2.75) is 19.8 Å². The Hall–Kier alpha value is -3.55. The molecule has 0 radical (unpaired) electrons. The maximum atomic E-state index is 14.8. The SMILES string of the molecule is CC(C)c1cc(Nc2cc(F)c(-c3cnn(C)c3)cc2N)cc2c1n(C)c(=O)n2C. The van der Waals surface area contributed by atoms with Crippen LogP contribution in [0.2, 0.25) is 0 Å². The Morgan fingerprint density at radius 3 is 2.47 bits per heavy atom. The van der Waals surface area contributed by atoms with E-state index >= 15 is 0 Å². The van der Waals surface area contributed by atoms with Crippen molar-refractivity contribution in [2.75, 3.05) is 11.1 Å². The summed E-state index contributed by atoms with van der Waals surface area (Å²) in [5, 5.41) is 7.32. The summed E-state index contributed by atoms with van der Waals surface area (Å²) >= 11 is 0. The number of benzene rings is 2. The predicted octanol–water partition coefficient (Wildman–Crippen LogP) is 3.87. The van der Waals surface area contributed by atoms with Crippen LogP contribution in [0.25, 0.3) is 22.2 Å². The zero-order chi connectivity index (χ0) is 21.7. The Morgan fingerprint density at radius 1 is 1.10 bits per heavy atom. The lowest BCUT2D eigenvalue weighted by Gasteiger charge is -2.15. The molecule has 2 heterocycles. The van der Waals surface area contributed by atoms with Crippen LogP contribution in [-0.2, 0) is 21.1 Å². The van der Waals surface area contributed by atoms with Crippen molar-refractivity contribution in [3.05, 3.63) is 58.5 Å². The lowest BCUT2D eigenvalue weighted by atomic mass is 10.00. The molecule has 4 aromatic rings. The van der Waals surface area contributed by atoms with E-state index in [2.05, 4.69) is 24.3 Å². The molecule has 4 rings (SSSR count). The standard InChI is InChI=1S/C22H25FN6O/c1-12(2)15-6-14(7-20-21(15)29(5)22(30)28(20)4)26-19-9-17(23)16(8-18(19)24)13-10-25-27(3)11-13/h6-12,26H,24H2,1-5H3. The average Bonchev–Trinajstić information content (AvgIpc) is 3.21. The van der Waals surface area contributed by atoms with E-state index in [1.54, 1.807) is 53.4 Å². The van der Waals surface area contributed by atoms with Crippen molar-refractivity contribution in [2.24, 2.45) is 21.1 Å². The van der Waals surface area contributed by atoms with Gasteiger partial charge in [0.25, 0.3) is 0 Å². The molecule has 0 spiro atoms. The molecule has 3 N–H and O–H groups in total. The number of fused-ring (bicyclic) bond motifs is 1. The van der Waals surface area contributed by atoms with Gasteiger partial charge in [-0.2, -0.15) is 5.10 Å². The molecule has 0 aliphatic rings. The zero-order valence-electron chi connectivity index (χ0n) is 17.7. The highest BCUT2D eigenvalue weighted by Gasteiger charge is 2.17. The largest absolute Gasteiger partial charge is 0.397 e. The first-order chi connectivity index (χ1) is 14.2. The monoisotopic (exact) mass is 408 g/mol. The molecule has 0 aliphatic carbocycles. The molecule has 8 heteroatoms. The van der Waals surface area contributed by atoms with E-state index in [-0.39, 0.29) is 11.6 Å². The lowest BCUT2D eigenvalue weighted by Crippen LogP contribution is -2.19. The Kier molecular flexibility index (Phi) is 4.64. The minimum atomic E-state index is -0.392. The molecule has 0 atom stereocenters. The van der Waals surface area contributed by atoms with E-state index in [1.807, 2.05) is 12.1 Å². The second-order valence-corrected chi connectivity index (χ2v) is 7.94. The number of aromatic nitrogens is 4. The van der Waals surface area contributed by atoms with Crippen LogP contribution in [0.5, 0.6) is 0 Å². The second kappa shape index (κ2) is 7.05. The van der Waals surface area contributed by atoms with Gasteiger partial charge in [-0.05, 0) is 29.7 Å². The summed E-state index contributed by atoms with van der Waals surface area (Å²) in [6.45, 7) is 4.15. The van der Waals surface area contributed by atoms with Gasteiger partial charge in [0.15, 0.2) is 0 Å². The number of halogens is 1. The summed E-state index contributed by atoms with van der Waals surface area (Å²) < 4.78 is 19.7. The summed E-state index contributed by atoms with van der Waals surface area (Å²) in [4.78, 5) is 12.4. The van der Waals surface area contributed by atoms with Crippen LogP contribution in [0.4, 0.5) is 21.5 Å². The van der Waals surface area contributed by atoms with E-state index in [0.717, 1.165) is 22.3 Å². The zero-order valence-corrected chi connectivity index (χ0v) is 17.7. The van der Waals surface area contributed by atoms with Crippen molar-refractivity contribution in [1.82, 2.24) is 18.9 Å². The molecule has 0 saturated heterocycles. The second-order valence-electron chi connectivity index (χ2n) is 7.94. The maximum Gasteiger partial charge on any atom is 0.328 e. The number of rotatable bonds is 4. The first kappa shape index (κ1) is 19.8. The fraction of sp³-hybridized carbons (Fsp3) is 0.273. The number of nitrogens with two attached hydrogens (primary N) is 1. The number of nitrogen functional groups attached to an aromatic ring is 1. The molecular weight excluding hydrogens is 383 g/mol. The van der Waals surface area contributed by atoms with E-state index in [4.69, 9.17) is 5.73 Å². The van der Waals surface area contributed by atoms with Gasteiger partial charge in [0.2, 0.25) is 0 Å². The summed E-state index contributed by atoms with van der Waals surface area (Å²) in [7, 11) is 5.30. The van der Waals surface area contributed by atoms with Gasteiger partial charge in [-0.25, -0.2) is 9.18 Å². The van der Waals surface area contributed by atoms with E-state index in [0.29, 0.717) is 22.5 Å². The van der Waals surface area contributed by atoms with Crippen LogP contribution >= 0.6 is 0 Å². The number of hydrogen-bond donors (Lipinski definition) is 2. The Labute approximate surface area is 173 Å². The highest BCUT2D eigenvalue weighted by atomic mass is 19.1. The van der Waals surface area contributed by atoms with Gasteiger partial charge in [-0.15, -0.1) is 0 Å². The number of aryl methyl sites for hydroxylation is 3. The first-order valence-corrected chi connectivity index (χ1v) is 9.71. The van der Waals surface area contributed by atoms with Crippen molar-refractivity contribution in [3.63, 3.8) is 0 Å². The van der Waals surface area contributed by atoms with Gasteiger partial charge in [-0.1, -0.05) is 13.8 Å². The lowest BCUT2D eigenvalue weighted by molar-refractivity contribution is 0.632. The highest BCUT2D eigenvalue weighted by Crippen LogP contribution is 2.34. The number of imidazole rings is 1. The molecule has 0 fully saturated rings.